The van der Waals surface area contributed by atoms with Crippen LogP contribution in [0.5, 0.6) is 0 Å². The smallest absolute Gasteiger partial charge is 0.114 e. The molecule has 1 rings (SSSR count). The van der Waals surface area contributed by atoms with Crippen LogP contribution in [0.4, 0.5) is 0 Å². The molecule has 14 heavy (non-hydrogen) atoms. The predicted octanol–water partition coefficient (Wildman–Crippen LogP) is -2.53. The minimum Gasteiger partial charge on any atom is -0.387 e. The maximum absolute atomic E-state index is 9.50. The molecule has 0 radical (unpaired) electrons. The van der Waals surface area contributed by atoms with Crippen LogP contribution in [0.3, 0.4) is 0 Å². The van der Waals surface area contributed by atoms with E-state index in [1.165, 1.54) is 14.2 Å². The minimum atomic E-state index is -1.43. The third-order valence-corrected chi connectivity index (χ3v) is 2.59. The van der Waals surface area contributed by atoms with Gasteiger partial charge in [0.2, 0.25) is 0 Å². The lowest BCUT2D eigenvalue weighted by atomic mass is 9.85. The highest BCUT2D eigenvalue weighted by molar-refractivity contribution is 4.99. The molecule has 84 valence electrons. The second-order valence-electron chi connectivity index (χ2n) is 3.36. The van der Waals surface area contributed by atoms with E-state index in [2.05, 4.69) is 0 Å². The summed E-state index contributed by atoms with van der Waals surface area (Å²) in [5.74, 6) is 0. The normalized spacial score (nSPS) is 49.3. The van der Waals surface area contributed by atoms with Crippen LogP contribution in [0.25, 0.3) is 0 Å². The van der Waals surface area contributed by atoms with Gasteiger partial charge in [-0.25, -0.2) is 0 Å². The zero-order valence-electron chi connectivity index (χ0n) is 8.07. The lowest BCUT2D eigenvalue weighted by Crippen LogP contribution is -2.64. The molecule has 0 amide bonds. The topological polar surface area (TPSA) is 99.4 Å². The van der Waals surface area contributed by atoms with E-state index >= 15 is 0 Å². The van der Waals surface area contributed by atoms with E-state index in [-0.39, 0.29) is 0 Å². The summed E-state index contributed by atoms with van der Waals surface area (Å²) in [5.41, 5.74) is 0. The number of hydrogen-bond acceptors (Lipinski definition) is 6. The van der Waals surface area contributed by atoms with Gasteiger partial charge in [-0.2, -0.15) is 0 Å². The summed E-state index contributed by atoms with van der Waals surface area (Å²) in [6, 6.07) is 0. The van der Waals surface area contributed by atoms with E-state index in [0.29, 0.717) is 0 Å². The monoisotopic (exact) mass is 208 g/mol. The van der Waals surface area contributed by atoms with Crippen LogP contribution in [-0.4, -0.2) is 71.3 Å². The van der Waals surface area contributed by atoms with E-state index in [0.717, 1.165) is 0 Å². The van der Waals surface area contributed by atoms with E-state index in [1.54, 1.807) is 0 Å². The quantitative estimate of drug-likeness (QED) is 0.399. The Kier molecular flexibility index (Phi) is 3.82. The standard InChI is InChI=1S/C8H16O6/c1-13-7-5(11)3(9)4(10)6(12)8(7)14-2/h3-12H,1-2H3/t3-,4-,5+,6+,7-,8+/m0/s1. The molecular formula is C8H16O6. The Bertz CT molecular complexity index is 167. The van der Waals surface area contributed by atoms with Crippen molar-refractivity contribution in [3.05, 3.63) is 0 Å². The summed E-state index contributed by atoms with van der Waals surface area (Å²) in [6.45, 7) is 0. The van der Waals surface area contributed by atoms with Crippen LogP contribution >= 0.6 is 0 Å². The van der Waals surface area contributed by atoms with E-state index in [1.807, 2.05) is 0 Å². The maximum atomic E-state index is 9.50. The van der Waals surface area contributed by atoms with Crippen LogP contribution in [0.15, 0.2) is 0 Å². The Balaban J connectivity index is 2.84. The SMILES string of the molecule is CO[C@@H]1[C@H](O)[C@@H](O)[C@H](O)[C@@H](O)[C@@H]1OC. The van der Waals surface area contributed by atoms with E-state index < -0.39 is 36.6 Å². The zero-order valence-corrected chi connectivity index (χ0v) is 8.07. The minimum absolute atomic E-state index is 0.853. The highest BCUT2D eigenvalue weighted by atomic mass is 16.6. The molecule has 0 aromatic rings. The molecule has 0 aromatic carbocycles. The number of aliphatic hydroxyl groups is 4. The van der Waals surface area contributed by atoms with Crippen molar-refractivity contribution < 1.29 is 29.9 Å². The van der Waals surface area contributed by atoms with Crippen LogP contribution in [0.2, 0.25) is 0 Å². The van der Waals surface area contributed by atoms with Gasteiger partial charge >= 0.3 is 0 Å². The van der Waals surface area contributed by atoms with Crippen LogP contribution in [0, 0.1) is 0 Å². The van der Waals surface area contributed by atoms with Gasteiger partial charge in [-0.05, 0) is 0 Å². The van der Waals surface area contributed by atoms with Crippen LogP contribution < -0.4 is 0 Å². The van der Waals surface area contributed by atoms with Gasteiger partial charge in [0.15, 0.2) is 0 Å². The maximum Gasteiger partial charge on any atom is 0.114 e. The van der Waals surface area contributed by atoms with Crippen LogP contribution in [-0.2, 0) is 9.47 Å². The molecule has 1 saturated carbocycles. The Morgan fingerprint density at radius 1 is 0.643 bits per heavy atom. The van der Waals surface area contributed by atoms with Gasteiger partial charge in [0.25, 0.3) is 0 Å². The lowest BCUT2D eigenvalue weighted by Gasteiger charge is -2.42. The molecule has 0 unspecified atom stereocenters. The molecule has 0 aromatic heterocycles. The van der Waals surface area contributed by atoms with Crippen molar-refractivity contribution in [2.24, 2.45) is 0 Å². The lowest BCUT2D eigenvalue weighted by molar-refractivity contribution is -0.235. The molecule has 6 heteroatoms. The third-order valence-electron chi connectivity index (χ3n) is 2.59. The number of methoxy groups -OCH3 is 2. The fourth-order valence-corrected chi connectivity index (χ4v) is 1.73. The first-order valence-corrected chi connectivity index (χ1v) is 4.32. The second kappa shape index (κ2) is 4.52. The molecule has 0 saturated heterocycles. The molecule has 6 atom stereocenters. The highest BCUT2D eigenvalue weighted by Crippen LogP contribution is 2.25. The summed E-state index contributed by atoms with van der Waals surface area (Å²) in [6.07, 6.45) is -7.11. The molecule has 1 aliphatic rings. The molecule has 0 spiro atoms. The summed E-state index contributed by atoms with van der Waals surface area (Å²) < 4.78 is 9.78. The first kappa shape index (κ1) is 11.8. The molecule has 0 aliphatic heterocycles. The largest absolute Gasteiger partial charge is 0.387 e. The van der Waals surface area contributed by atoms with Crippen molar-refractivity contribution in [3.8, 4) is 0 Å². The van der Waals surface area contributed by atoms with Gasteiger partial charge in [-0.15, -0.1) is 0 Å². The number of hydrogen-bond donors (Lipinski definition) is 4. The van der Waals surface area contributed by atoms with Crippen LogP contribution in [0.1, 0.15) is 0 Å². The van der Waals surface area contributed by atoms with Gasteiger partial charge in [0.05, 0.1) is 0 Å². The number of ether oxygens (including phenoxy) is 2. The van der Waals surface area contributed by atoms with Gasteiger partial charge in [0.1, 0.15) is 36.6 Å². The molecule has 0 bridgehead atoms. The number of rotatable bonds is 2. The second-order valence-corrected chi connectivity index (χ2v) is 3.36. The highest BCUT2D eigenvalue weighted by Gasteiger charge is 2.49. The van der Waals surface area contributed by atoms with E-state index in [4.69, 9.17) is 9.47 Å². The van der Waals surface area contributed by atoms with Gasteiger partial charge in [0, 0.05) is 14.2 Å². The third kappa shape index (κ3) is 1.77. The number of aliphatic hydroxyl groups excluding tert-OH is 4. The molecular weight excluding hydrogens is 192 g/mol. The molecule has 0 heterocycles. The Morgan fingerprint density at radius 2 is 0.929 bits per heavy atom. The molecule has 4 N–H and O–H groups in total. The summed E-state index contributed by atoms with van der Waals surface area (Å²) >= 11 is 0. The molecule has 1 aliphatic carbocycles. The Labute approximate surface area is 81.7 Å². The summed E-state index contributed by atoms with van der Waals surface area (Å²) in [7, 11) is 2.66. The van der Waals surface area contributed by atoms with Crippen molar-refractivity contribution in [2.75, 3.05) is 14.2 Å². The van der Waals surface area contributed by atoms with Crippen molar-refractivity contribution >= 4 is 0 Å². The van der Waals surface area contributed by atoms with Crippen molar-refractivity contribution in [1.82, 2.24) is 0 Å². The van der Waals surface area contributed by atoms with Gasteiger partial charge < -0.3 is 29.9 Å². The van der Waals surface area contributed by atoms with Crippen molar-refractivity contribution in [1.29, 1.82) is 0 Å². The summed E-state index contributed by atoms with van der Waals surface area (Å²) in [5, 5.41) is 37.7. The molecule has 1 fully saturated rings. The van der Waals surface area contributed by atoms with E-state index in [9.17, 15) is 20.4 Å². The van der Waals surface area contributed by atoms with Gasteiger partial charge in [-0.3, -0.25) is 0 Å². The Hall–Kier alpha value is -0.240. The zero-order chi connectivity index (χ0) is 10.9. The van der Waals surface area contributed by atoms with Gasteiger partial charge in [-0.1, -0.05) is 0 Å². The Morgan fingerprint density at radius 3 is 1.14 bits per heavy atom. The first-order valence-electron chi connectivity index (χ1n) is 4.32. The summed E-state index contributed by atoms with van der Waals surface area (Å²) in [4.78, 5) is 0. The van der Waals surface area contributed by atoms with Crippen molar-refractivity contribution in [3.63, 3.8) is 0 Å². The first-order chi connectivity index (χ1) is 6.54. The van der Waals surface area contributed by atoms with Crippen molar-refractivity contribution in [2.45, 2.75) is 36.6 Å². The fraction of sp³-hybridized carbons (Fsp3) is 1.00. The average molecular weight is 208 g/mol. The fourth-order valence-electron chi connectivity index (χ4n) is 1.73. The predicted molar refractivity (Wildman–Crippen MR) is 45.6 cm³/mol. The molecule has 6 nitrogen and oxygen atoms in total. The average Bonchev–Trinajstić information content (AvgIpc) is 2.20.